The first kappa shape index (κ1) is 22.2. The molecule has 1 aliphatic rings. The fourth-order valence-corrected chi connectivity index (χ4v) is 3.56. The minimum atomic E-state index is -0.373. The molecule has 8 heteroatoms. The average Bonchev–Trinajstić information content (AvgIpc) is 2.81. The van der Waals surface area contributed by atoms with E-state index in [4.69, 9.17) is 10.00 Å². The number of likely N-dealkylation sites (N-methyl/N-ethyl adjacent to an activating group) is 1. The number of pyridine rings is 1. The van der Waals surface area contributed by atoms with Crippen molar-refractivity contribution in [2.45, 2.75) is 26.3 Å². The molecule has 0 bridgehead atoms. The van der Waals surface area contributed by atoms with Crippen LogP contribution in [0.2, 0.25) is 0 Å². The van der Waals surface area contributed by atoms with Crippen LogP contribution in [0.15, 0.2) is 42.6 Å². The zero-order chi connectivity index (χ0) is 22.2. The van der Waals surface area contributed by atoms with E-state index in [2.05, 4.69) is 9.88 Å². The van der Waals surface area contributed by atoms with E-state index in [1.807, 2.05) is 13.0 Å². The van der Waals surface area contributed by atoms with Gasteiger partial charge in [0.05, 0.1) is 11.5 Å². The highest BCUT2D eigenvalue weighted by Crippen LogP contribution is 2.23. The Morgan fingerprint density at radius 1 is 1.29 bits per heavy atom. The molecule has 1 aliphatic heterocycles. The predicted octanol–water partition coefficient (Wildman–Crippen LogP) is 2.90. The number of anilines is 1. The fourth-order valence-electron chi connectivity index (χ4n) is 3.56. The van der Waals surface area contributed by atoms with Gasteiger partial charge in [0.1, 0.15) is 17.7 Å². The number of halogens is 1. The Kier molecular flexibility index (Phi) is 7.55. The maximum absolute atomic E-state index is 13.4. The number of benzene rings is 1. The van der Waals surface area contributed by atoms with Gasteiger partial charge in [-0.1, -0.05) is 12.1 Å². The first-order chi connectivity index (χ1) is 15.0. The number of esters is 1. The van der Waals surface area contributed by atoms with E-state index in [0.717, 1.165) is 5.82 Å². The summed E-state index contributed by atoms with van der Waals surface area (Å²) in [6, 6.07) is 11.7. The molecule has 0 aliphatic carbocycles. The van der Waals surface area contributed by atoms with Crippen LogP contribution in [0.1, 0.15) is 30.9 Å². The Labute approximate surface area is 181 Å². The Morgan fingerprint density at radius 2 is 2.06 bits per heavy atom. The number of rotatable bonds is 7. The summed E-state index contributed by atoms with van der Waals surface area (Å²) in [5, 5.41) is 8.86. The molecule has 7 nitrogen and oxygen atoms in total. The van der Waals surface area contributed by atoms with Gasteiger partial charge in [0.25, 0.3) is 5.91 Å². The summed E-state index contributed by atoms with van der Waals surface area (Å²) in [7, 11) is 0. The molecule has 31 heavy (non-hydrogen) atoms. The first-order valence-electron chi connectivity index (χ1n) is 10.3. The normalized spacial score (nSPS) is 14.0. The maximum Gasteiger partial charge on any atom is 0.309 e. The molecular formula is C23H25FN4O3. The third kappa shape index (κ3) is 6.01. The van der Waals surface area contributed by atoms with Crippen molar-refractivity contribution in [1.82, 2.24) is 9.88 Å². The van der Waals surface area contributed by atoms with Crippen LogP contribution < -0.4 is 4.90 Å². The molecule has 162 valence electrons. The molecule has 0 spiro atoms. The monoisotopic (exact) mass is 424 g/mol. The highest BCUT2D eigenvalue weighted by Gasteiger charge is 2.27. The van der Waals surface area contributed by atoms with Gasteiger partial charge >= 0.3 is 5.97 Å². The standard InChI is InChI=1S/C23H25FN4O3/c1-2-27(15-17-4-3-5-20(24)12-17)22(29)16-31-23(30)19-8-10-28(11-9-19)21-7-6-18(13-25)14-26-21/h3-7,12,14,19H,2,8-11,15-16H2,1H3. The van der Waals surface area contributed by atoms with Gasteiger partial charge in [0.2, 0.25) is 0 Å². The number of carbonyl (C=O) groups is 2. The summed E-state index contributed by atoms with van der Waals surface area (Å²) < 4.78 is 18.6. The minimum absolute atomic E-state index is 0.263. The van der Waals surface area contributed by atoms with Crippen LogP contribution in [0.4, 0.5) is 10.2 Å². The number of nitrogens with zero attached hydrogens (tertiary/aromatic N) is 4. The summed E-state index contributed by atoms with van der Waals surface area (Å²) in [5.41, 5.74) is 1.19. The molecule has 0 atom stereocenters. The summed E-state index contributed by atoms with van der Waals surface area (Å²) in [4.78, 5) is 32.8. The van der Waals surface area contributed by atoms with E-state index < -0.39 is 0 Å². The zero-order valence-corrected chi connectivity index (χ0v) is 17.5. The third-order valence-electron chi connectivity index (χ3n) is 5.36. The lowest BCUT2D eigenvalue weighted by molar-refractivity contribution is -0.156. The number of ether oxygens (including phenoxy) is 1. The molecule has 0 unspecified atom stereocenters. The van der Waals surface area contributed by atoms with Gasteiger partial charge in [0.15, 0.2) is 6.61 Å². The number of carbonyl (C=O) groups excluding carboxylic acids is 2. The SMILES string of the molecule is CCN(Cc1cccc(F)c1)C(=O)COC(=O)C1CCN(c2ccc(C#N)cn2)CC1. The van der Waals surface area contributed by atoms with Gasteiger partial charge < -0.3 is 14.5 Å². The van der Waals surface area contributed by atoms with E-state index in [1.165, 1.54) is 23.2 Å². The highest BCUT2D eigenvalue weighted by molar-refractivity contribution is 5.81. The molecule has 1 aromatic carbocycles. The lowest BCUT2D eigenvalue weighted by atomic mass is 9.97. The first-order valence-corrected chi connectivity index (χ1v) is 10.3. The molecule has 1 amide bonds. The van der Waals surface area contributed by atoms with Crippen molar-refractivity contribution in [3.05, 3.63) is 59.5 Å². The molecule has 2 aromatic rings. The van der Waals surface area contributed by atoms with Crippen LogP contribution in [0.5, 0.6) is 0 Å². The smallest absolute Gasteiger partial charge is 0.309 e. The predicted molar refractivity (Wildman–Crippen MR) is 112 cm³/mol. The Bertz CT molecular complexity index is 950. The average molecular weight is 424 g/mol. The second-order valence-corrected chi connectivity index (χ2v) is 7.42. The van der Waals surface area contributed by atoms with Crippen LogP contribution >= 0.6 is 0 Å². The van der Waals surface area contributed by atoms with Crippen LogP contribution in [0, 0.1) is 23.1 Å². The number of hydrogen-bond donors (Lipinski definition) is 0. The van der Waals surface area contributed by atoms with Crippen LogP contribution in [0.25, 0.3) is 0 Å². The van der Waals surface area contributed by atoms with Crippen molar-refractivity contribution in [2.24, 2.45) is 5.92 Å². The van der Waals surface area contributed by atoms with Crippen LogP contribution in [-0.2, 0) is 20.9 Å². The zero-order valence-electron chi connectivity index (χ0n) is 17.5. The van der Waals surface area contributed by atoms with Crippen molar-refractivity contribution in [3.8, 4) is 6.07 Å². The fraction of sp³-hybridized carbons (Fsp3) is 0.391. The second kappa shape index (κ2) is 10.5. The number of nitriles is 1. The minimum Gasteiger partial charge on any atom is -0.455 e. The van der Waals surface area contributed by atoms with Crippen molar-refractivity contribution in [3.63, 3.8) is 0 Å². The van der Waals surface area contributed by atoms with Gasteiger partial charge in [-0.25, -0.2) is 9.37 Å². The largest absolute Gasteiger partial charge is 0.455 e. The topological polar surface area (TPSA) is 86.5 Å². The molecule has 0 saturated carbocycles. The number of piperidine rings is 1. The lowest BCUT2D eigenvalue weighted by Crippen LogP contribution is -2.39. The third-order valence-corrected chi connectivity index (χ3v) is 5.36. The van der Waals surface area contributed by atoms with Crippen molar-refractivity contribution in [2.75, 3.05) is 31.1 Å². The molecule has 3 rings (SSSR count). The van der Waals surface area contributed by atoms with Gasteiger partial charge in [-0.3, -0.25) is 9.59 Å². The summed E-state index contributed by atoms with van der Waals surface area (Å²) in [6.07, 6.45) is 2.75. The molecule has 0 N–H and O–H groups in total. The van der Waals surface area contributed by atoms with Crippen LogP contribution in [-0.4, -0.2) is 48.0 Å². The van der Waals surface area contributed by atoms with E-state index in [9.17, 15) is 14.0 Å². The van der Waals surface area contributed by atoms with E-state index in [0.29, 0.717) is 43.6 Å². The van der Waals surface area contributed by atoms with Crippen molar-refractivity contribution >= 4 is 17.7 Å². The summed E-state index contributed by atoms with van der Waals surface area (Å²) in [6.45, 7) is 3.50. The molecule has 1 saturated heterocycles. The Hall–Kier alpha value is -3.47. The highest BCUT2D eigenvalue weighted by atomic mass is 19.1. The number of amides is 1. The summed E-state index contributed by atoms with van der Waals surface area (Å²) in [5.74, 6) is -0.519. The quantitative estimate of drug-likeness (QED) is 0.636. The molecule has 0 radical (unpaired) electrons. The molecule has 1 fully saturated rings. The number of hydrogen-bond acceptors (Lipinski definition) is 6. The molecule has 2 heterocycles. The number of aromatic nitrogens is 1. The summed E-state index contributed by atoms with van der Waals surface area (Å²) >= 11 is 0. The van der Waals surface area contributed by atoms with E-state index in [1.54, 1.807) is 24.3 Å². The van der Waals surface area contributed by atoms with Gasteiger partial charge in [-0.05, 0) is 49.6 Å². The molecular weight excluding hydrogens is 399 g/mol. The second-order valence-electron chi connectivity index (χ2n) is 7.42. The Morgan fingerprint density at radius 3 is 2.68 bits per heavy atom. The Balaban J connectivity index is 1.45. The van der Waals surface area contributed by atoms with E-state index >= 15 is 0 Å². The van der Waals surface area contributed by atoms with Gasteiger partial charge in [-0.2, -0.15) is 5.26 Å². The lowest BCUT2D eigenvalue weighted by Gasteiger charge is -2.31. The van der Waals surface area contributed by atoms with Crippen LogP contribution in [0.3, 0.4) is 0 Å². The van der Waals surface area contributed by atoms with Crippen molar-refractivity contribution in [1.29, 1.82) is 5.26 Å². The van der Waals surface area contributed by atoms with E-state index in [-0.39, 0.29) is 36.8 Å². The molecule has 1 aromatic heterocycles. The van der Waals surface area contributed by atoms with Crippen molar-refractivity contribution < 1.29 is 18.7 Å². The maximum atomic E-state index is 13.4. The van der Waals surface area contributed by atoms with Gasteiger partial charge in [0, 0.05) is 32.4 Å². The van der Waals surface area contributed by atoms with Gasteiger partial charge in [-0.15, -0.1) is 0 Å².